The van der Waals surface area contributed by atoms with Crippen molar-refractivity contribution in [3.63, 3.8) is 0 Å². The lowest BCUT2D eigenvalue weighted by molar-refractivity contribution is -0.142. The van der Waals surface area contributed by atoms with E-state index in [0.29, 0.717) is 32.2 Å². The molecule has 0 fully saturated rings. The van der Waals surface area contributed by atoms with Gasteiger partial charge in [-0.3, -0.25) is 9.59 Å². The van der Waals surface area contributed by atoms with E-state index < -0.39 is 29.9 Å². The Hall–Kier alpha value is -1.32. The number of unbranched alkanes of at least 4 members (excludes halogenated alkanes) is 1. The third kappa shape index (κ3) is 9.59. The number of carboxylic acids is 1. The third-order valence-electron chi connectivity index (χ3n) is 2.97. The van der Waals surface area contributed by atoms with E-state index in [1.54, 1.807) is 11.8 Å². The maximum atomic E-state index is 11.7. The van der Waals surface area contributed by atoms with E-state index in [0.717, 1.165) is 5.75 Å². The average Bonchev–Trinajstić information content (AvgIpc) is 2.49. The molecule has 0 heterocycles. The van der Waals surface area contributed by atoms with Gasteiger partial charge in [-0.15, -0.1) is 0 Å². The summed E-state index contributed by atoms with van der Waals surface area (Å²) in [5, 5.41) is 13.8. The monoisotopic (exact) mass is 334 g/mol. The van der Waals surface area contributed by atoms with Gasteiger partial charge in [-0.2, -0.15) is 11.8 Å². The van der Waals surface area contributed by atoms with Crippen LogP contribution in [0.5, 0.6) is 0 Å². The molecule has 0 aromatic rings. The van der Waals surface area contributed by atoms with Gasteiger partial charge in [0, 0.05) is 0 Å². The zero-order chi connectivity index (χ0) is 17.0. The standard InChI is InChI=1S/C13H26N4O4S/c1-22-7-5-9(15)12(19)16-8-11(18)17-10(13(20)21)4-2-3-6-14/h9-10H,2-8,14-15H2,1H3,(H,16,19)(H,17,18)(H,20,21). The molecule has 0 aliphatic heterocycles. The Morgan fingerprint density at radius 1 is 1.23 bits per heavy atom. The number of aliphatic carboxylic acids is 1. The SMILES string of the molecule is CSCCC(N)C(=O)NCC(=O)NC(CCCCN)C(=O)O. The molecular formula is C13H26N4O4S. The molecule has 8 nitrogen and oxygen atoms in total. The number of carbonyl (C=O) groups excluding carboxylic acids is 2. The first-order chi connectivity index (χ1) is 10.4. The summed E-state index contributed by atoms with van der Waals surface area (Å²) < 4.78 is 0. The topological polar surface area (TPSA) is 148 Å². The summed E-state index contributed by atoms with van der Waals surface area (Å²) in [7, 11) is 0. The summed E-state index contributed by atoms with van der Waals surface area (Å²) in [6.07, 6.45) is 4.04. The summed E-state index contributed by atoms with van der Waals surface area (Å²) in [5.74, 6) is -1.32. The van der Waals surface area contributed by atoms with Crippen molar-refractivity contribution in [3.05, 3.63) is 0 Å². The molecule has 0 aromatic heterocycles. The van der Waals surface area contributed by atoms with Crippen LogP contribution in [0.4, 0.5) is 0 Å². The second-order valence-electron chi connectivity index (χ2n) is 4.85. The summed E-state index contributed by atoms with van der Waals surface area (Å²) in [6, 6.07) is -1.64. The van der Waals surface area contributed by atoms with Crippen LogP contribution in [-0.2, 0) is 14.4 Å². The van der Waals surface area contributed by atoms with Crippen LogP contribution < -0.4 is 22.1 Å². The molecule has 2 unspecified atom stereocenters. The summed E-state index contributed by atoms with van der Waals surface area (Å²) in [6.45, 7) is 0.191. The van der Waals surface area contributed by atoms with Crippen LogP contribution in [0.1, 0.15) is 25.7 Å². The molecule has 0 spiro atoms. The van der Waals surface area contributed by atoms with Crippen LogP contribution in [0.25, 0.3) is 0 Å². The van der Waals surface area contributed by atoms with Crippen LogP contribution >= 0.6 is 11.8 Å². The molecule has 2 atom stereocenters. The van der Waals surface area contributed by atoms with Crippen LogP contribution in [-0.4, -0.2) is 60.1 Å². The first-order valence-electron chi connectivity index (χ1n) is 7.16. The number of carboxylic acid groups (broad SMARTS) is 1. The largest absolute Gasteiger partial charge is 0.480 e. The molecule has 0 aromatic carbocycles. The first-order valence-corrected chi connectivity index (χ1v) is 8.56. The Kier molecular flexibility index (Phi) is 11.5. The fourth-order valence-corrected chi connectivity index (χ4v) is 2.16. The van der Waals surface area contributed by atoms with E-state index in [2.05, 4.69) is 10.6 Å². The Bertz CT molecular complexity index is 368. The minimum absolute atomic E-state index is 0.285. The normalized spacial score (nSPS) is 13.2. The number of hydrogen-bond donors (Lipinski definition) is 5. The Labute approximate surface area is 134 Å². The number of carbonyl (C=O) groups is 3. The van der Waals surface area contributed by atoms with E-state index in [1.165, 1.54) is 0 Å². The lowest BCUT2D eigenvalue weighted by atomic mass is 10.1. The minimum atomic E-state index is -1.10. The van der Waals surface area contributed by atoms with Crippen LogP contribution in [0.2, 0.25) is 0 Å². The molecule has 0 aliphatic carbocycles. The maximum Gasteiger partial charge on any atom is 0.326 e. The van der Waals surface area contributed by atoms with Crippen molar-refractivity contribution in [2.75, 3.05) is 25.1 Å². The smallest absolute Gasteiger partial charge is 0.326 e. The second-order valence-corrected chi connectivity index (χ2v) is 5.83. The van der Waals surface area contributed by atoms with E-state index in [9.17, 15) is 14.4 Å². The number of amides is 2. The van der Waals surface area contributed by atoms with Crippen molar-refractivity contribution >= 4 is 29.5 Å². The van der Waals surface area contributed by atoms with Crippen LogP contribution in [0.3, 0.4) is 0 Å². The van der Waals surface area contributed by atoms with Crippen LogP contribution in [0, 0.1) is 0 Å². The predicted octanol–water partition coefficient (Wildman–Crippen LogP) is -1.12. The highest BCUT2D eigenvalue weighted by molar-refractivity contribution is 7.98. The Morgan fingerprint density at radius 3 is 2.45 bits per heavy atom. The molecule has 9 heteroatoms. The highest BCUT2D eigenvalue weighted by Gasteiger charge is 2.20. The molecule has 128 valence electrons. The summed E-state index contributed by atoms with van der Waals surface area (Å²) >= 11 is 1.58. The predicted molar refractivity (Wildman–Crippen MR) is 86.5 cm³/mol. The molecule has 0 saturated heterocycles. The number of hydrogen-bond acceptors (Lipinski definition) is 6. The molecule has 0 radical (unpaired) electrons. The maximum absolute atomic E-state index is 11.7. The zero-order valence-corrected chi connectivity index (χ0v) is 13.7. The molecular weight excluding hydrogens is 308 g/mol. The van der Waals surface area contributed by atoms with Gasteiger partial charge in [0.1, 0.15) is 6.04 Å². The van der Waals surface area contributed by atoms with Gasteiger partial charge in [-0.25, -0.2) is 4.79 Å². The van der Waals surface area contributed by atoms with Gasteiger partial charge in [0.05, 0.1) is 12.6 Å². The van der Waals surface area contributed by atoms with Crippen molar-refractivity contribution < 1.29 is 19.5 Å². The molecule has 0 rings (SSSR count). The lowest BCUT2D eigenvalue weighted by Crippen LogP contribution is -2.48. The summed E-state index contributed by atoms with van der Waals surface area (Å²) in [4.78, 5) is 34.3. The highest BCUT2D eigenvalue weighted by atomic mass is 32.2. The van der Waals surface area contributed by atoms with Gasteiger partial charge in [-0.1, -0.05) is 0 Å². The number of nitrogens with two attached hydrogens (primary N) is 2. The molecule has 22 heavy (non-hydrogen) atoms. The van der Waals surface area contributed by atoms with Crippen LogP contribution in [0.15, 0.2) is 0 Å². The van der Waals surface area contributed by atoms with Gasteiger partial charge in [0.15, 0.2) is 0 Å². The fraction of sp³-hybridized carbons (Fsp3) is 0.769. The van der Waals surface area contributed by atoms with Crippen molar-refractivity contribution in [1.29, 1.82) is 0 Å². The molecule has 0 aliphatic rings. The van der Waals surface area contributed by atoms with Gasteiger partial charge < -0.3 is 27.2 Å². The molecule has 0 bridgehead atoms. The van der Waals surface area contributed by atoms with Crippen molar-refractivity contribution in [2.24, 2.45) is 11.5 Å². The van der Waals surface area contributed by atoms with Crippen molar-refractivity contribution in [1.82, 2.24) is 10.6 Å². The van der Waals surface area contributed by atoms with Crippen molar-refractivity contribution in [2.45, 2.75) is 37.8 Å². The Balaban J connectivity index is 4.12. The number of rotatable bonds is 12. The molecule has 2 amide bonds. The number of thioether (sulfide) groups is 1. The molecule has 7 N–H and O–H groups in total. The first kappa shape index (κ1) is 20.7. The average molecular weight is 334 g/mol. The summed E-state index contributed by atoms with van der Waals surface area (Å²) in [5.41, 5.74) is 11.0. The van der Waals surface area contributed by atoms with Gasteiger partial charge in [0.25, 0.3) is 0 Å². The second kappa shape index (κ2) is 12.2. The van der Waals surface area contributed by atoms with Crippen molar-refractivity contribution in [3.8, 4) is 0 Å². The van der Waals surface area contributed by atoms with E-state index in [-0.39, 0.29) is 6.54 Å². The lowest BCUT2D eigenvalue weighted by Gasteiger charge is -2.15. The Morgan fingerprint density at radius 2 is 1.91 bits per heavy atom. The highest BCUT2D eigenvalue weighted by Crippen LogP contribution is 2.01. The van der Waals surface area contributed by atoms with Gasteiger partial charge in [0.2, 0.25) is 11.8 Å². The fourth-order valence-electron chi connectivity index (χ4n) is 1.67. The van der Waals surface area contributed by atoms with E-state index >= 15 is 0 Å². The van der Waals surface area contributed by atoms with Gasteiger partial charge in [-0.05, 0) is 44.2 Å². The van der Waals surface area contributed by atoms with E-state index in [4.69, 9.17) is 16.6 Å². The quantitative estimate of drug-likeness (QED) is 0.284. The zero-order valence-electron chi connectivity index (χ0n) is 12.8. The third-order valence-corrected chi connectivity index (χ3v) is 3.62. The van der Waals surface area contributed by atoms with Gasteiger partial charge >= 0.3 is 5.97 Å². The number of nitrogens with one attached hydrogen (secondary N) is 2. The molecule has 0 saturated carbocycles. The van der Waals surface area contributed by atoms with E-state index in [1.807, 2.05) is 6.26 Å². The minimum Gasteiger partial charge on any atom is -0.480 e.